The molecule has 16 nitrogen and oxygen atoms in total. The van der Waals surface area contributed by atoms with E-state index in [1.165, 1.54) is 27.7 Å². The summed E-state index contributed by atoms with van der Waals surface area (Å²) in [6.45, 7) is 5.45. The molecule has 0 aromatic heterocycles. The molecule has 250 valence electrons. The van der Waals surface area contributed by atoms with Crippen molar-refractivity contribution >= 4 is 48.7 Å². The van der Waals surface area contributed by atoms with Gasteiger partial charge in [-0.3, -0.25) is 15.1 Å². The van der Waals surface area contributed by atoms with Crippen LogP contribution in [0.4, 0.5) is 0 Å². The summed E-state index contributed by atoms with van der Waals surface area (Å²) in [6.07, 6.45) is -3.91. The third-order valence-corrected chi connectivity index (χ3v) is 6.04. The molecule has 4 unspecified atom stereocenters. The first-order chi connectivity index (χ1) is 18.4. The van der Waals surface area contributed by atoms with Crippen molar-refractivity contribution < 1.29 is 60.0 Å². The maximum Gasteiger partial charge on any atom is 0.332 e. The monoisotopic (exact) mass is 654 g/mol. The Bertz CT molecular complexity index is 772. The van der Waals surface area contributed by atoms with Crippen molar-refractivity contribution in [1.29, 1.82) is 0 Å². The molecule has 0 radical (unpaired) electrons. The van der Waals surface area contributed by atoms with Crippen molar-refractivity contribution in [1.82, 2.24) is 20.4 Å². The molecule has 0 bridgehead atoms. The van der Waals surface area contributed by atoms with Gasteiger partial charge < -0.3 is 46.2 Å². The molecule has 0 amide bonds. The highest BCUT2D eigenvalue weighted by molar-refractivity contribution is 5.97. The number of β-amino-alcohol motifs (C(OH)–C–C–N with tert-alkyl or cyclic N) is 2. The smallest absolute Gasteiger partial charge is 0.332 e. The molecule has 10 N–H and O–H groups in total. The lowest BCUT2D eigenvalue weighted by Gasteiger charge is -2.49. The average Bonchev–Trinajstić information content (AvgIpc) is 2.75. The van der Waals surface area contributed by atoms with Crippen LogP contribution in [0.25, 0.3) is 0 Å². The van der Waals surface area contributed by atoms with E-state index in [1.54, 1.807) is 4.90 Å². The normalized spacial score (nSPS) is 15.8. The van der Waals surface area contributed by atoms with E-state index < -0.39 is 65.9 Å². The minimum atomic E-state index is -2.02. The summed E-state index contributed by atoms with van der Waals surface area (Å²) < 4.78 is 0. The van der Waals surface area contributed by atoms with Crippen LogP contribution in [-0.4, -0.2) is 162 Å². The van der Waals surface area contributed by atoms with Crippen LogP contribution in [0.15, 0.2) is 0 Å². The SMILES string of the molecule is CC(O)CN(CC(C)O)C(CC(C)O)(CC(C)O)CN(CCNCCNC(C(=O)O)C(=O)O)C(C(=O)O)C(=O)O.Cl.Cl. The number of aliphatic hydroxyl groups is 4. The predicted octanol–water partition coefficient (Wildman–Crippen LogP) is -2.27. The molecule has 42 heavy (non-hydrogen) atoms. The van der Waals surface area contributed by atoms with Crippen molar-refractivity contribution in [2.45, 2.75) is 82.6 Å². The fraction of sp³-hybridized carbons (Fsp3) is 0.833. The van der Waals surface area contributed by atoms with Gasteiger partial charge in [0.25, 0.3) is 0 Å². The van der Waals surface area contributed by atoms with E-state index in [0.29, 0.717) is 0 Å². The van der Waals surface area contributed by atoms with Crippen molar-refractivity contribution in [3.63, 3.8) is 0 Å². The number of nitrogens with one attached hydrogen (secondary N) is 2. The van der Waals surface area contributed by atoms with Gasteiger partial charge >= 0.3 is 23.9 Å². The number of hydrogen-bond acceptors (Lipinski definition) is 12. The van der Waals surface area contributed by atoms with Gasteiger partial charge in [0, 0.05) is 51.4 Å². The van der Waals surface area contributed by atoms with Crippen molar-refractivity contribution in [2.75, 3.05) is 45.8 Å². The highest BCUT2D eigenvalue weighted by atomic mass is 35.5. The van der Waals surface area contributed by atoms with E-state index in [0.717, 1.165) is 4.90 Å². The first-order valence-corrected chi connectivity index (χ1v) is 13.0. The van der Waals surface area contributed by atoms with Gasteiger partial charge in [0.05, 0.1) is 24.4 Å². The molecule has 0 aliphatic carbocycles. The molecular weight excluding hydrogens is 607 g/mol. The predicted molar refractivity (Wildman–Crippen MR) is 155 cm³/mol. The maximum absolute atomic E-state index is 12.0. The zero-order chi connectivity index (χ0) is 31.2. The van der Waals surface area contributed by atoms with Crippen molar-refractivity contribution in [2.24, 2.45) is 0 Å². The van der Waals surface area contributed by atoms with Crippen LogP contribution in [0.5, 0.6) is 0 Å². The lowest BCUT2D eigenvalue weighted by Crippen LogP contribution is -2.64. The summed E-state index contributed by atoms with van der Waals surface area (Å²) in [4.78, 5) is 48.8. The average molecular weight is 656 g/mol. The molecule has 0 aliphatic heterocycles. The largest absolute Gasteiger partial charge is 0.480 e. The quantitative estimate of drug-likeness (QED) is 0.0411. The lowest BCUT2D eigenvalue weighted by molar-refractivity contribution is -0.159. The number of nitrogens with zero attached hydrogens (tertiary/aromatic N) is 2. The summed E-state index contributed by atoms with van der Waals surface area (Å²) in [5.74, 6) is -6.45. The number of carbonyl (C=O) groups is 4. The molecule has 0 spiro atoms. The van der Waals surface area contributed by atoms with E-state index in [-0.39, 0.29) is 83.5 Å². The molecule has 4 atom stereocenters. The highest BCUT2D eigenvalue weighted by Crippen LogP contribution is 2.31. The van der Waals surface area contributed by atoms with Crippen LogP contribution in [0, 0.1) is 0 Å². The first kappa shape index (κ1) is 44.6. The molecule has 0 aromatic rings. The molecular formula is C24H48Cl2N4O12. The Morgan fingerprint density at radius 1 is 0.667 bits per heavy atom. The highest BCUT2D eigenvalue weighted by Gasteiger charge is 2.44. The molecule has 18 heteroatoms. The van der Waals surface area contributed by atoms with Crippen LogP contribution in [0.3, 0.4) is 0 Å². The molecule has 0 aliphatic rings. The van der Waals surface area contributed by atoms with Crippen LogP contribution in [0.1, 0.15) is 40.5 Å². The Balaban J connectivity index is -0.00000760. The Morgan fingerprint density at radius 3 is 1.43 bits per heavy atom. The summed E-state index contributed by atoms with van der Waals surface area (Å²) in [6, 6.07) is -3.84. The van der Waals surface area contributed by atoms with Gasteiger partial charge in [-0.15, -0.1) is 24.8 Å². The Morgan fingerprint density at radius 2 is 1.10 bits per heavy atom. The number of hydrogen-bond donors (Lipinski definition) is 10. The molecule has 0 heterocycles. The maximum atomic E-state index is 12.0. The number of aliphatic hydroxyl groups excluding tert-OH is 4. The van der Waals surface area contributed by atoms with E-state index in [1.807, 2.05) is 0 Å². The zero-order valence-corrected chi connectivity index (χ0v) is 25.9. The Labute approximate surface area is 257 Å². The first-order valence-electron chi connectivity index (χ1n) is 13.0. The second-order valence-electron chi connectivity index (χ2n) is 10.3. The minimum Gasteiger partial charge on any atom is -0.480 e. The van der Waals surface area contributed by atoms with Gasteiger partial charge in [-0.25, -0.2) is 19.2 Å². The molecule has 0 saturated heterocycles. The van der Waals surface area contributed by atoms with E-state index in [4.69, 9.17) is 10.2 Å². The number of carboxylic acid groups (broad SMARTS) is 4. The molecule has 0 saturated carbocycles. The Hall–Kier alpha value is -1.86. The van der Waals surface area contributed by atoms with Crippen LogP contribution >= 0.6 is 24.8 Å². The summed E-state index contributed by atoms with van der Waals surface area (Å²) >= 11 is 0. The topological polar surface area (TPSA) is 261 Å². The Kier molecular flexibility index (Phi) is 23.1. The van der Waals surface area contributed by atoms with Gasteiger partial charge in [-0.2, -0.15) is 0 Å². The zero-order valence-electron chi connectivity index (χ0n) is 24.2. The summed E-state index contributed by atoms with van der Waals surface area (Å²) in [7, 11) is 0. The number of carboxylic acids is 4. The van der Waals surface area contributed by atoms with Gasteiger partial charge in [0.1, 0.15) is 0 Å². The lowest BCUT2D eigenvalue weighted by atomic mass is 9.83. The second kappa shape index (κ2) is 21.8. The minimum absolute atomic E-state index is 0. The number of aliphatic carboxylic acids is 4. The van der Waals surface area contributed by atoms with Gasteiger partial charge in [-0.1, -0.05) is 0 Å². The molecule has 0 fully saturated rings. The summed E-state index contributed by atoms with van der Waals surface area (Å²) in [5.41, 5.74) is -1.28. The van der Waals surface area contributed by atoms with Gasteiger partial charge in [0.2, 0.25) is 12.1 Å². The number of halogens is 2. The van der Waals surface area contributed by atoms with Crippen molar-refractivity contribution in [3.8, 4) is 0 Å². The third-order valence-electron chi connectivity index (χ3n) is 6.04. The van der Waals surface area contributed by atoms with Crippen molar-refractivity contribution in [3.05, 3.63) is 0 Å². The second-order valence-corrected chi connectivity index (χ2v) is 10.3. The van der Waals surface area contributed by atoms with Gasteiger partial charge in [-0.05, 0) is 40.5 Å². The van der Waals surface area contributed by atoms with Gasteiger partial charge in [0.15, 0.2) is 0 Å². The molecule has 0 aromatic carbocycles. The third kappa shape index (κ3) is 16.7. The van der Waals surface area contributed by atoms with E-state index >= 15 is 0 Å². The summed E-state index contributed by atoms with van der Waals surface area (Å²) in [5, 5.41) is 83.7. The number of rotatable bonds is 23. The molecule has 0 rings (SSSR count). The van der Waals surface area contributed by atoms with Crippen LogP contribution in [0.2, 0.25) is 0 Å². The fourth-order valence-electron chi connectivity index (χ4n) is 4.80. The fourth-order valence-corrected chi connectivity index (χ4v) is 4.80. The standard InChI is InChI=1S/C24H46N4O12.2ClH/c1-14(29)9-24(10-15(2)30,28(11-16(3)31)12-17(4)32)13-27(19(22(37)38)23(39)40)8-7-25-5-6-26-18(20(33)34)21(35)36;;/h14-19,25-26,29-32H,5-13H2,1-4H3,(H,33,34)(H,35,36)(H,37,38)(H,39,40);2*1H. The van der Waals surface area contributed by atoms with E-state index in [2.05, 4.69) is 10.6 Å². The van der Waals surface area contributed by atoms with Crippen LogP contribution in [-0.2, 0) is 19.2 Å². The van der Waals surface area contributed by atoms with Crippen LogP contribution < -0.4 is 10.6 Å². The van der Waals surface area contributed by atoms with E-state index in [9.17, 15) is 49.8 Å².